The number of halogens is 1. The number of fused-ring (bicyclic) bond motifs is 2. The van der Waals surface area contributed by atoms with Crippen molar-refractivity contribution < 1.29 is 9.53 Å². The molecule has 6 rings (SSSR count). The van der Waals surface area contributed by atoms with E-state index in [1.54, 1.807) is 0 Å². The Morgan fingerprint density at radius 1 is 1.00 bits per heavy atom. The average Bonchev–Trinajstić information content (AvgIpc) is 3.27. The van der Waals surface area contributed by atoms with E-state index in [-0.39, 0.29) is 6.09 Å². The molecule has 5 heterocycles. The molecule has 3 aliphatic rings. The minimum atomic E-state index is -0.228. The van der Waals surface area contributed by atoms with Gasteiger partial charge in [-0.25, -0.2) is 4.79 Å². The molecule has 1 amide bonds. The number of carbonyl (C=O) groups excluding carboxylic acids is 1. The molecule has 3 saturated heterocycles. The fraction of sp³-hybridized carbons (Fsp3) is 0.467. The van der Waals surface area contributed by atoms with E-state index in [4.69, 9.17) is 22.1 Å². The van der Waals surface area contributed by atoms with Crippen molar-refractivity contribution in [3.63, 3.8) is 0 Å². The van der Waals surface area contributed by atoms with Crippen LogP contribution in [0.15, 0.2) is 54.7 Å². The van der Waals surface area contributed by atoms with E-state index in [9.17, 15) is 4.79 Å². The lowest BCUT2D eigenvalue weighted by molar-refractivity contribution is 0.0714. The molecule has 41 heavy (non-hydrogen) atoms. The van der Waals surface area contributed by atoms with Gasteiger partial charge in [-0.05, 0) is 49.9 Å². The molecule has 11 heteroatoms. The summed E-state index contributed by atoms with van der Waals surface area (Å²) < 4.78 is 5.50. The summed E-state index contributed by atoms with van der Waals surface area (Å²) in [6.45, 7) is 6.20. The van der Waals surface area contributed by atoms with Gasteiger partial charge in [0.05, 0.1) is 5.69 Å². The van der Waals surface area contributed by atoms with Crippen LogP contribution in [0.5, 0.6) is 0 Å². The predicted molar refractivity (Wildman–Crippen MR) is 160 cm³/mol. The number of nitrogens with two attached hydrogens (primary N) is 1. The van der Waals surface area contributed by atoms with Crippen LogP contribution in [0.25, 0.3) is 0 Å². The zero-order valence-corrected chi connectivity index (χ0v) is 24.0. The molecule has 2 aromatic heterocycles. The van der Waals surface area contributed by atoms with Crippen LogP contribution in [-0.2, 0) is 17.8 Å². The lowest BCUT2D eigenvalue weighted by Crippen LogP contribution is -2.54. The molecular formula is C30H37ClN8O2. The first-order valence-corrected chi connectivity index (χ1v) is 14.9. The second-order valence-corrected chi connectivity index (χ2v) is 11.5. The molecule has 2 N–H and O–H groups in total. The zero-order chi connectivity index (χ0) is 28.2. The highest BCUT2D eigenvalue weighted by Gasteiger charge is 2.40. The second-order valence-electron chi connectivity index (χ2n) is 11.1. The molecule has 216 valence electrons. The Balaban J connectivity index is 0.965. The van der Waals surface area contributed by atoms with Crippen LogP contribution in [0.4, 0.5) is 22.0 Å². The number of amides is 1. The van der Waals surface area contributed by atoms with Crippen LogP contribution in [0.1, 0.15) is 30.5 Å². The minimum absolute atomic E-state index is 0.228. The van der Waals surface area contributed by atoms with E-state index in [0.717, 1.165) is 75.4 Å². The molecular weight excluding hydrogens is 540 g/mol. The van der Waals surface area contributed by atoms with Gasteiger partial charge in [0.2, 0.25) is 0 Å². The Hall–Kier alpha value is -3.63. The molecule has 0 radical (unpaired) electrons. The standard InChI is InChI=1S/C30H37ClN8O2/c31-28-18-27(29(32)35-34-28)38-19-25-8-9-26(20-38)39(25)24-10-11-33-23(17-24)7-4-12-36-13-15-37(16-14-36)30(40)41-21-22-5-2-1-3-6-22/h1-3,5-6,10-11,17-18,25-26H,4,7-9,12-16,19-21H2,(H2,32,35). The van der Waals surface area contributed by atoms with Crippen LogP contribution in [0.2, 0.25) is 5.15 Å². The van der Waals surface area contributed by atoms with Crippen molar-refractivity contribution in [1.29, 1.82) is 0 Å². The minimum Gasteiger partial charge on any atom is -0.445 e. The summed E-state index contributed by atoms with van der Waals surface area (Å²) >= 11 is 6.11. The largest absolute Gasteiger partial charge is 0.445 e. The van der Waals surface area contributed by atoms with Gasteiger partial charge in [-0.1, -0.05) is 41.9 Å². The molecule has 2 atom stereocenters. The number of piperazine rings is 2. The highest BCUT2D eigenvalue weighted by Crippen LogP contribution is 2.38. The molecule has 3 fully saturated rings. The van der Waals surface area contributed by atoms with Gasteiger partial charge in [0.25, 0.3) is 0 Å². The number of carbonyl (C=O) groups is 1. The topological polar surface area (TPSA) is 104 Å². The molecule has 1 aromatic carbocycles. The van der Waals surface area contributed by atoms with Gasteiger partial charge in [0, 0.05) is 75.0 Å². The first kappa shape index (κ1) is 27.5. The maximum Gasteiger partial charge on any atom is 0.410 e. The van der Waals surface area contributed by atoms with Crippen LogP contribution in [-0.4, -0.2) is 89.0 Å². The van der Waals surface area contributed by atoms with Gasteiger partial charge in [-0.2, -0.15) is 0 Å². The zero-order valence-electron chi connectivity index (χ0n) is 23.2. The summed E-state index contributed by atoms with van der Waals surface area (Å²) in [7, 11) is 0. The monoisotopic (exact) mass is 576 g/mol. The van der Waals surface area contributed by atoms with E-state index in [1.807, 2.05) is 47.5 Å². The number of nitrogens with zero attached hydrogens (tertiary/aromatic N) is 7. The van der Waals surface area contributed by atoms with Gasteiger partial charge < -0.3 is 25.2 Å². The number of nitrogen functional groups attached to an aromatic ring is 1. The Bertz CT molecular complexity index is 1320. The molecule has 0 saturated carbocycles. The lowest BCUT2D eigenvalue weighted by Gasteiger charge is -2.43. The van der Waals surface area contributed by atoms with Gasteiger partial charge in [-0.15, -0.1) is 10.2 Å². The Morgan fingerprint density at radius 2 is 1.76 bits per heavy atom. The molecule has 2 bridgehead atoms. The van der Waals surface area contributed by atoms with Gasteiger partial charge in [0.15, 0.2) is 11.0 Å². The number of hydrogen-bond donors (Lipinski definition) is 1. The predicted octanol–water partition coefficient (Wildman–Crippen LogP) is 3.85. The summed E-state index contributed by atoms with van der Waals surface area (Å²) in [6.07, 6.45) is 5.98. The maximum atomic E-state index is 12.5. The van der Waals surface area contributed by atoms with Crippen LogP contribution >= 0.6 is 11.6 Å². The van der Waals surface area contributed by atoms with Crippen molar-refractivity contribution in [2.75, 3.05) is 61.3 Å². The Kier molecular flexibility index (Phi) is 8.38. The molecule has 3 aliphatic heterocycles. The summed E-state index contributed by atoms with van der Waals surface area (Å²) in [5.41, 5.74) is 10.4. The first-order chi connectivity index (χ1) is 20.0. The van der Waals surface area contributed by atoms with E-state index in [1.165, 1.54) is 5.69 Å². The third kappa shape index (κ3) is 6.49. The molecule has 3 aromatic rings. The van der Waals surface area contributed by atoms with E-state index < -0.39 is 0 Å². The summed E-state index contributed by atoms with van der Waals surface area (Å²) in [5.74, 6) is 0.429. The average molecular weight is 577 g/mol. The van der Waals surface area contributed by atoms with E-state index in [0.29, 0.717) is 42.8 Å². The summed E-state index contributed by atoms with van der Waals surface area (Å²) in [4.78, 5) is 26.3. The highest BCUT2D eigenvalue weighted by atomic mass is 35.5. The molecule has 0 aliphatic carbocycles. The molecule has 2 unspecified atom stereocenters. The quantitative estimate of drug-likeness (QED) is 0.428. The smallest absolute Gasteiger partial charge is 0.410 e. The number of ether oxygens (including phenoxy) is 1. The fourth-order valence-corrected chi connectivity index (χ4v) is 6.50. The SMILES string of the molecule is Nc1nnc(Cl)cc1N1CC2CCC(C1)N2c1ccnc(CCCN2CCN(C(=O)OCc3ccccc3)CC2)c1. The Morgan fingerprint density at radius 3 is 2.51 bits per heavy atom. The number of aryl methyl sites for hydroxylation is 1. The van der Waals surface area contributed by atoms with Crippen molar-refractivity contribution in [1.82, 2.24) is 25.0 Å². The van der Waals surface area contributed by atoms with Crippen molar-refractivity contribution in [2.24, 2.45) is 0 Å². The van der Waals surface area contributed by atoms with E-state index in [2.05, 4.69) is 42.0 Å². The van der Waals surface area contributed by atoms with Gasteiger partial charge in [0.1, 0.15) is 6.61 Å². The van der Waals surface area contributed by atoms with Crippen LogP contribution in [0, 0.1) is 0 Å². The normalized spacial score (nSPS) is 20.9. The number of hydrogen-bond acceptors (Lipinski definition) is 9. The molecule has 0 spiro atoms. The van der Waals surface area contributed by atoms with E-state index >= 15 is 0 Å². The number of aromatic nitrogens is 3. The molecule has 10 nitrogen and oxygen atoms in total. The van der Waals surface area contributed by atoms with Crippen molar-refractivity contribution >= 4 is 34.9 Å². The fourth-order valence-electron chi connectivity index (χ4n) is 6.35. The van der Waals surface area contributed by atoms with Crippen molar-refractivity contribution in [2.45, 2.75) is 44.4 Å². The number of anilines is 3. The second kappa shape index (κ2) is 12.5. The van der Waals surface area contributed by atoms with Crippen LogP contribution in [0.3, 0.4) is 0 Å². The highest BCUT2D eigenvalue weighted by molar-refractivity contribution is 6.29. The van der Waals surface area contributed by atoms with Crippen molar-refractivity contribution in [3.8, 4) is 0 Å². The van der Waals surface area contributed by atoms with Gasteiger partial charge >= 0.3 is 6.09 Å². The number of pyridine rings is 1. The Labute approximate surface area is 246 Å². The first-order valence-electron chi connectivity index (χ1n) is 14.5. The van der Waals surface area contributed by atoms with Crippen LogP contribution < -0.4 is 15.5 Å². The third-order valence-electron chi connectivity index (χ3n) is 8.44. The number of benzene rings is 1. The maximum absolute atomic E-state index is 12.5. The third-order valence-corrected chi connectivity index (χ3v) is 8.62. The summed E-state index contributed by atoms with van der Waals surface area (Å²) in [6, 6.07) is 16.8. The number of rotatable bonds is 8. The lowest BCUT2D eigenvalue weighted by atomic mass is 10.1. The van der Waals surface area contributed by atoms with Gasteiger partial charge in [-0.3, -0.25) is 9.88 Å². The van der Waals surface area contributed by atoms with Crippen molar-refractivity contribution in [3.05, 3.63) is 71.1 Å². The summed E-state index contributed by atoms with van der Waals surface area (Å²) in [5, 5.41) is 8.24.